The number of sulfonamides is 1. The van der Waals surface area contributed by atoms with Crippen LogP contribution in [0.15, 0.2) is 29.2 Å². The van der Waals surface area contributed by atoms with Crippen molar-refractivity contribution >= 4 is 27.4 Å². The lowest BCUT2D eigenvalue weighted by atomic mass is 10.1. The summed E-state index contributed by atoms with van der Waals surface area (Å²) in [5, 5.41) is 0. The van der Waals surface area contributed by atoms with E-state index < -0.39 is 10.0 Å². The highest BCUT2D eigenvalue weighted by Crippen LogP contribution is 2.30. The Kier molecular flexibility index (Phi) is 6.36. The molecular weight excluding hydrogens is 402 g/mol. The number of aromatic nitrogens is 1. The summed E-state index contributed by atoms with van der Waals surface area (Å²) in [7, 11) is -2.24. The number of rotatable bonds is 5. The van der Waals surface area contributed by atoms with E-state index in [4.69, 9.17) is 0 Å². The zero-order chi connectivity index (χ0) is 22.1. The first-order valence-corrected chi connectivity index (χ1v) is 11.7. The molecule has 1 aliphatic heterocycles. The van der Waals surface area contributed by atoms with E-state index in [1.807, 2.05) is 0 Å². The van der Waals surface area contributed by atoms with Crippen molar-refractivity contribution in [3.63, 3.8) is 0 Å². The van der Waals surface area contributed by atoms with Gasteiger partial charge in [-0.15, -0.1) is 0 Å². The molecule has 2 aromatic rings. The maximum absolute atomic E-state index is 13.4. The molecule has 8 heteroatoms. The van der Waals surface area contributed by atoms with E-state index in [0.29, 0.717) is 35.7 Å². The predicted octanol–water partition coefficient (Wildman–Crippen LogP) is 3.66. The molecule has 1 aliphatic rings. The van der Waals surface area contributed by atoms with E-state index in [9.17, 15) is 18.0 Å². The Morgan fingerprint density at radius 3 is 2.03 bits per heavy atom. The van der Waals surface area contributed by atoms with Crippen molar-refractivity contribution in [1.82, 2.24) is 9.47 Å². The van der Waals surface area contributed by atoms with Gasteiger partial charge in [-0.05, 0) is 57.9 Å². The molecule has 0 bridgehead atoms. The minimum atomic E-state index is -4.01. The highest BCUT2D eigenvalue weighted by Gasteiger charge is 2.33. The van der Waals surface area contributed by atoms with Crippen molar-refractivity contribution in [2.24, 2.45) is 7.05 Å². The van der Waals surface area contributed by atoms with Crippen LogP contribution in [0.1, 0.15) is 64.7 Å². The topological polar surface area (TPSA) is 88.5 Å². The van der Waals surface area contributed by atoms with Crippen molar-refractivity contribution in [3.8, 4) is 0 Å². The minimum absolute atomic E-state index is 0.0207. The number of hydrogen-bond acceptors (Lipinski definition) is 4. The average molecular weight is 432 g/mol. The second-order valence-corrected chi connectivity index (χ2v) is 9.50. The minimum Gasteiger partial charge on any atom is -0.350 e. The maximum atomic E-state index is 13.4. The summed E-state index contributed by atoms with van der Waals surface area (Å²) in [6.45, 7) is 6.23. The molecule has 0 aliphatic carbocycles. The summed E-state index contributed by atoms with van der Waals surface area (Å²) >= 11 is 0. The van der Waals surface area contributed by atoms with Gasteiger partial charge in [0.2, 0.25) is 0 Å². The van der Waals surface area contributed by atoms with E-state index in [2.05, 4.69) is 4.72 Å². The highest BCUT2D eigenvalue weighted by atomic mass is 32.2. The summed E-state index contributed by atoms with van der Waals surface area (Å²) in [5.41, 5.74) is 2.23. The van der Waals surface area contributed by atoms with Crippen LogP contribution in [0.2, 0.25) is 0 Å². The first kappa shape index (κ1) is 22.1. The van der Waals surface area contributed by atoms with E-state index in [-0.39, 0.29) is 22.1 Å². The molecule has 1 aromatic carbocycles. The number of carbonyl (C=O) groups excluding carboxylic acids is 2. The number of benzene rings is 1. The number of nitrogens with zero attached hydrogens (tertiary/aromatic N) is 2. The van der Waals surface area contributed by atoms with E-state index in [0.717, 1.165) is 25.7 Å². The quantitative estimate of drug-likeness (QED) is 0.732. The molecule has 0 saturated carbocycles. The van der Waals surface area contributed by atoms with Gasteiger partial charge in [0.05, 0.1) is 5.56 Å². The van der Waals surface area contributed by atoms with Crippen LogP contribution in [0, 0.1) is 13.8 Å². The molecule has 1 amide bonds. The third-order valence-corrected chi connectivity index (χ3v) is 7.38. The number of likely N-dealkylation sites (tertiary alicyclic amines) is 1. The van der Waals surface area contributed by atoms with Gasteiger partial charge in [-0.25, -0.2) is 8.42 Å². The first-order valence-electron chi connectivity index (χ1n) is 10.2. The Morgan fingerprint density at radius 2 is 1.50 bits per heavy atom. The lowest BCUT2D eigenvalue weighted by Crippen LogP contribution is -2.33. The van der Waals surface area contributed by atoms with Crippen LogP contribution in [0.5, 0.6) is 0 Å². The second kappa shape index (κ2) is 8.63. The summed E-state index contributed by atoms with van der Waals surface area (Å²) < 4.78 is 31.0. The summed E-state index contributed by atoms with van der Waals surface area (Å²) in [6.07, 6.45) is 4.03. The number of hydrogen-bond donors (Lipinski definition) is 1. The Morgan fingerprint density at radius 1 is 0.933 bits per heavy atom. The van der Waals surface area contributed by atoms with Crippen LogP contribution >= 0.6 is 0 Å². The maximum Gasteiger partial charge on any atom is 0.264 e. The molecule has 7 nitrogen and oxygen atoms in total. The van der Waals surface area contributed by atoms with Gasteiger partial charge in [0, 0.05) is 42.8 Å². The molecule has 162 valence electrons. The van der Waals surface area contributed by atoms with Gasteiger partial charge in [0.1, 0.15) is 4.90 Å². The Bertz CT molecular complexity index is 1060. The number of Topliss-reactive ketones (excluding diaryl/α,β-unsaturated/α-hetero) is 1. The molecule has 0 unspecified atom stereocenters. The molecule has 3 rings (SSSR count). The Balaban J connectivity index is 2.00. The molecule has 0 atom stereocenters. The van der Waals surface area contributed by atoms with Crippen LogP contribution in [0.4, 0.5) is 5.69 Å². The molecule has 30 heavy (non-hydrogen) atoms. The van der Waals surface area contributed by atoms with Gasteiger partial charge in [0.25, 0.3) is 15.9 Å². The molecule has 1 N–H and O–H groups in total. The van der Waals surface area contributed by atoms with Gasteiger partial charge in [0.15, 0.2) is 5.78 Å². The SMILES string of the molecule is CC(=O)c1ccc(NS(=O)(=O)c2c(C(=O)N3CCCCCC3)c(C)n(C)c2C)cc1. The number of ketones is 1. The van der Waals surface area contributed by atoms with Crippen molar-refractivity contribution in [2.75, 3.05) is 17.8 Å². The lowest BCUT2D eigenvalue weighted by molar-refractivity contribution is 0.0757. The largest absolute Gasteiger partial charge is 0.350 e. The molecule has 2 heterocycles. The molecular formula is C22H29N3O4S. The zero-order valence-corrected chi connectivity index (χ0v) is 18.8. The average Bonchev–Trinajstić information content (AvgIpc) is 2.89. The zero-order valence-electron chi connectivity index (χ0n) is 18.0. The Labute approximate surface area is 178 Å². The van der Waals surface area contributed by atoms with Crippen LogP contribution in [0.3, 0.4) is 0 Å². The van der Waals surface area contributed by atoms with Crippen LogP contribution in [0.25, 0.3) is 0 Å². The fraction of sp³-hybridized carbons (Fsp3) is 0.455. The number of carbonyl (C=O) groups is 2. The van der Waals surface area contributed by atoms with Gasteiger partial charge in [-0.2, -0.15) is 0 Å². The number of anilines is 1. The smallest absolute Gasteiger partial charge is 0.264 e. The summed E-state index contributed by atoms with van der Waals surface area (Å²) in [4.78, 5) is 26.6. The molecule has 1 saturated heterocycles. The molecule has 0 radical (unpaired) electrons. The third kappa shape index (κ3) is 4.28. The van der Waals surface area contributed by atoms with E-state index in [1.54, 1.807) is 54.6 Å². The lowest BCUT2D eigenvalue weighted by Gasteiger charge is -2.21. The van der Waals surface area contributed by atoms with Gasteiger partial charge < -0.3 is 9.47 Å². The van der Waals surface area contributed by atoms with Gasteiger partial charge in [-0.1, -0.05) is 12.8 Å². The first-order chi connectivity index (χ1) is 14.1. The van der Waals surface area contributed by atoms with E-state index >= 15 is 0 Å². The van der Waals surface area contributed by atoms with Crippen molar-refractivity contribution in [3.05, 3.63) is 46.8 Å². The summed E-state index contributed by atoms with van der Waals surface area (Å²) in [6, 6.07) is 6.25. The monoisotopic (exact) mass is 431 g/mol. The fourth-order valence-electron chi connectivity index (χ4n) is 3.91. The molecule has 1 aromatic heterocycles. The molecule has 1 fully saturated rings. The standard InChI is InChI=1S/C22H29N3O4S/c1-15-20(22(27)25-13-7-5-6-8-14-25)21(16(2)24(15)4)30(28,29)23-19-11-9-18(10-12-19)17(3)26/h9-12,23H,5-8,13-14H2,1-4H3. The van der Waals surface area contributed by atoms with Gasteiger partial charge >= 0.3 is 0 Å². The summed E-state index contributed by atoms with van der Waals surface area (Å²) in [5.74, 6) is -0.324. The Hall–Kier alpha value is -2.61. The third-order valence-electron chi connectivity index (χ3n) is 5.84. The van der Waals surface area contributed by atoms with Crippen molar-refractivity contribution in [1.29, 1.82) is 0 Å². The van der Waals surface area contributed by atoms with Crippen LogP contribution in [-0.4, -0.2) is 42.7 Å². The number of amides is 1. The highest BCUT2D eigenvalue weighted by molar-refractivity contribution is 7.92. The number of nitrogens with one attached hydrogen (secondary N) is 1. The van der Waals surface area contributed by atoms with Gasteiger partial charge in [-0.3, -0.25) is 14.3 Å². The van der Waals surface area contributed by atoms with Crippen molar-refractivity contribution < 1.29 is 18.0 Å². The fourth-order valence-corrected chi connectivity index (χ4v) is 5.49. The second-order valence-electron chi connectivity index (χ2n) is 7.88. The normalized spacial score (nSPS) is 15.0. The van der Waals surface area contributed by atoms with Crippen molar-refractivity contribution in [2.45, 2.75) is 51.3 Å². The molecule has 0 spiro atoms. The predicted molar refractivity (Wildman–Crippen MR) is 117 cm³/mol. The van der Waals surface area contributed by atoms with Crippen LogP contribution < -0.4 is 4.72 Å². The van der Waals surface area contributed by atoms with Crippen LogP contribution in [-0.2, 0) is 17.1 Å². The van der Waals surface area contributed by atoms with E-state index in [1.165, 1.54) is 6.92 Å².